The summed E-state index contributed by atoms with van der Waals surface area (Å²) in [4.78, 5) is 2.20. The number of nitrogens with zero attached hydrogens (tertiary/aromatic N) is 2. The zero-order valence-corrected chi connectivity index (χ0v) is 12.1. The van der Waals surface area contributed by atoms with Crippen LogP contribution in [0.25, 0.3) is 0 Å². The number of hydrogen-bond acceptors (Lipinski definition) is 5. The zero-order valence-electron chi connectivity index (χ0n) is 11.2. The molecule has 1 fully saturated rings. The van der Waals surface area contributed by atoms with E-state index in [1.807, 2.05) is 13.1 Å². The lowest BCUT2D eigenvalue weighted by Crippen LogP contribution is -2.27. The van der Waals surface area contributed by atoms with E-state index < -0.39 is 10.0 Å². The van der Waals surface area contributed by atoms with Gasteiger partial charge in [0.05, 0.1) is 11.3 Å². The maximum Gasteiger partial charge on any atom is 0.259 e. The molecule has 1 aromatic rings. The highest BCUT2D eigenvalue weighted by Crippen LogP contribution is 2.29. The SMILES string of the molecule is CN1CC[C@@H](Oc2cccc3c2C(N)=NS(=O)(=O)C3)C1. The molecule has 0 radical (unpaired) electrons. The minimum atomic E-state index is -3.50. The maximum absolute atomic E-state index is 11.6. The fraction of sp³-hybridized carbons (Fsp3) is 0.462. The second-order valence-electron chi connectivity index (χ2n) is 5.28. The third-order valence-corrected chi connectivity index (χ3v) is 4.74. The third kappa shape index (κ3) is 2.51. The zero-order chi connectivity index (χ0) is 14.3. The fourth-order valence-corrected chi connectivity index (χ4v) is 3.77. The quantitative estimate of drug-likeness (QED) is 0.849. The highest BCUT2D eigenvalue weighted by atomic mass is 32.2. The van der Waals surface area contributed by atoms with Crippen LogP contribution in [0.5, 0.6) is 5.75 Å². The van der Waals surface area contributed by atoms with E-state index >= 15 is 0 Å². The summed E-state index contributed by atoms with van der Waals surface area (Å²) in [5.74, 6) is 0.525. The van der Waals surface area contributed by atoms with E-state index in [4.69, 9.17) is 10.5 Å². The third-order valence-electron chi connectivity index (χ3n) is 3.59. The Morgan fingerprint density at radius 2 is 2.25 bits per heavy atom. The standard InChI is InChI=1S/C13H17N3O3S/c1-16-6-5-10(7-16)19-11-4-2-3-9-8-20(17,18)15-13(14)12(9)11/h2-4,10H,5-8H2,1H3,(H2,14,15)/t10-/m1/s1. The number of sulfonamides is 1. The molecule has 0 aromatic heterocycles. The molecule has 6 nitrogen and oxygen atoms in total. The Kier molecular flexibility index (Phi) is 3.18. The van der Waals surface area contributed by atoms with Crippen LogP contribution < -0.4 is 10.5 Å². The number of ether oxygens (including phenoxy) is 1. The van der Waals surface area contributed by atoms with Crippen LogP contribution in [0, 0.1) is 0 Å². The predicted molar refractivity (Wildman–Crippen MR) is 76.3 cm³/mol. The van der Waals surface area contributed by atoms with Gasteiger partial charge in [-0.15, -0.1) is 4.40 Å². The van der Waals surface area contributed by atoms with Crippen molar-refractivity contribution in [3.8, 4) is 5.75 Å². The summed E-state index contributed by atoms with van der Waals surface area (Å²) in [5, 5.41) is 0. The summed E-state index contributed by atoms with van der Waals surface area (Å²) < 4.78 is 32.8. The van der Waals surface area contributed by atoms with Gasteiger partial charge >= 0.3 is 0 Å². The molecule has 20 heavy (non-hydrogen) atoms. The van der Waals surface area contributed by atoms with Crippen LogP contribution in [0.2, 0.25) is 0 Å². The molecule has 0 aliphatic carbocycles. The molecular formula is C13H17N3O3S. The van der Waals surface area contributed by atoms with Crippen LogP contribution in [0.15, 0.2) is 22.6 Å². The average Bonchev–Trinajstić information content (AvgIpc) is 2.72. The smallest absolute Gasteiger partial charge is 0.259 e. The first-order valence-corrected chi connectivity index (χ1v) is 8.11. The van der Waals surface area contributed by atoms with E-state index in [1.165, 1.54) is 0 Å². The monoisotopic (exact) mass is 295 g/mol. The number of nitrogens with two attached hydrogens (primary N) is 1. The summed E-state index contributed by atoms with van der Waals surface area (Å²) in [6.07, 6.45) is 1.06. The number of hydrogen-bond donors (Lipinski definition) is 1. The van der Waals surface area contributed by atoms with Crippen molar-refractivity contribution in [2.45, 2.75) is 18.3 Å². The molecule has 0 spiro atoms. The minimum absolute atomic E-state index is 0.0215. The summed E-state index contributed by atoms with van der Waals surface area (Å²) in [6.45, 7) is 1.86. The van der Waals surface area contributed by atoms with Gasteiger partial charge in [0.1, 0.15) is 17.7 Å². The van der Waals surface area contributed by atoms with Gasteiger partial charge in [-0.1, -0.05) is 12.1 Å². The van der Waals surface area contributed by atoms with Crippen LogP contribution in [0.4, 0.5) is 0 Å². The molecule has 0 unspecified atom stereocenters. The Morgan fingerprint density at radius 3 is 2.95 bits per heavy atom. The topological polar surface area (TPSA) is 85.0 Å². The Morgan fingerprint density at radius 1 is 1.45 bits per heavy atom. The molecule has 0 amide bonds. The van der Waals surface area contributed by atoms with Gasteiger partial charge in [0.25, 0.3) is 10.0 Å². The Labute approximate surface area is 118 Å². The highest BCUT2D eigenvalue weighted by molar-refractivity contribution is 7.89. The number of benzene rings is 1. The normalized spacial score (nSPS) is 25.1. The van der Waals surface area contributed by atoms with Gasteiger partial charge in [0.2, 0.25) is 0 Å². The van der Waals surface area contributed by atoms with Gasteiger partial charge in [-0.2, -0.15) is 0 Å². The van der Waals surface area contributed by atoms with E-state index in [1.54, 1.807) is 12.1 Å². The van der Waals surface area contributed by atoms with E-state index in [0.29, 0.717) is 16.9 Å². The van der Waals surface area contributed by atoms with E-state index in [9.17, 15) is 8.42 Å². The van der Waals surface area contributed by atoms with Crippen molar-refractivity contribution in [3.05, 3.63) is 29.3 Å². The van der Waals surface area contributed by atoms with Gasteiger partial charge in [0.15, 0.2) is 0 Å². The van der Waals surface area contributed by atoms with E-state index in [2.05, 4.69) is 9.30 Å². The van der Waals surface area contributed by atoms with Crippen molar-refractivity contribution in [2.24, 2.45) is 10.1 Å². The number of amidine groups is 1. The first kappa shape index (κ1) is 13.4. The molecule has 3 rings (SSSR count). The molecule has 0 bridgehead atoms. The molecule has 2 N–H and O–H groups in total. The maximum atomic E-state index is 11.6. The van der Waals surface area contributed by atoms with Crippen molar-refractivity contribution >= 4 is 15.9 Å². The Hall–Kier alpha value is -1.60. The summed E-state index contributed by atoms with van der Waals surface area (Å²) in [6, 6.07) is 5.36. The largest absolute Gasteiger partial charge is 0.488 e. The second-order valence-corrected chi connectivity index (χ2v) is 6.92. The van der Waals surface area contributed by atoms with Crippen LogP contribution in [-0.4, -0.2) is 45.4 Å². The van der Waals surface area contributed by atoms with Gasteiger partial charge in [0, 0.05) is 13.1 Å². The van der Waals surface area contributed by atoms with Gasteiger partial charge in [-0.25, -0.2) is 8.42 Å². The molecule has 2 heterocycles. The summed E-state index contributed by atoms with van der Waals surface area (Å²) in [7, 11) is -1.45. The van der Waals surface area contributed by atoms with Crippen molar-refractivity contribution in [2.75, 3.05) is 20.1 Å². The first-order valence-electron chi connectivity index (χ1n) is 6.50. The molecule has 108 valence electrons. The molecular weight excluding hydrogens is 278 g/mol. The highest BCUT2D eigenvalue weighted by Gasteiger charge is 2.27. The lowest BCUT2D eigenvalue weighted by Gasteiger charge is -2.20. The van der Waals surface area contributed by atoms with Crippen molar-refractivity contribution in [1.82, 2.24) is 4.90 Å². The molecule has 7 heteroatoms. The van der Waals surface area contributed by atoms with Crippen molar-refractivity contribution < 1.29 is 13.2 Å². The van der Waals surface area contributed by atoms with E-state index in [0.717, 1.165) is 19.5 Å². The molecule has 2 aliphatic rings. The lowest BCUT2D eigenvalue weighted by atomic mass is 10.1. The molecule has 1 aromatic carbocycles. The predicted octanol–water partition coefficient (Wildman–Crippen LogP) is 0.318. The lowest BCUT2D eigenvalue weighted by molar-refractivity contribution is 0.207. The van der Waals surface area contributed by atoms with Crippen molar-refractivity contribution in [3.63, 3.8) is 0 Å². The number of fused-ring (bicyclic) bond motifs is 1. The van der Waals surface area contributed by atoms with Crippen LogP contribution >= 0.6 is 0 Å². The van der Waals surface area contributed by atoms with Crippen LogP contribution in [-0.2, 0) is 15.8 Å². The second kappa shape index (κ2) is 4.75. The molecule has 0 saturated carbocycles. The molecule has 2 aliphatic heterocycles. The van der Waals surface area contributed by atoms with Gasteiger partial charge < -0.3 is 15.4 Å². The Bertz CT molecular complexity index is 669. The Balaban J connectivity index is 1.94. The fourth-order valence-electron chi connectivity index (χ4n) is 2.68. The van der Waals surface area contributed by atoms with Crippen molar-refractivity contribution in [1.29, 1.82) is 0 Å². The summed E-state index contributed by atoms with van der Waals surface area (Å²) >= 11 is 0. The number of rotatable bonds is 2. The number of likely N-dealkylation sites (tertiary alicyclic amines) is 1. The average molecular weight is 295 g/mol. The molecule has 1 saturated heterocycles. The number of likely N-dealkylation sites (N-methyl/N-ethyl adjacent to an activating group) is 1. The van der Waals surface area contributed by atoms with Crippen LogP contribution in [0.1, 0.15) is 17.5 Å². The van der Waals surface area contributed by atoms with E-state index in [-0.39, 0.29) is 17.7 Å². The van der Waals surface area contributed by atoms with Gasteiger partial charge in [-0.3, -0.25) is 0 Å². The molecule has 1 atom stereocenters. The minimum Gasteiger partial charge on any atom is -0.488 e. The summed E-state index contributed by atoms with van der Waals surface area (Å²) in [5.41, 5.74) is 7.08. The van der Waals surface area contributed by atoms with Crippen LogP contribution in [0.3, 0.4) is 0 Å². The first-order chi connectivity index (χ1) is 9.44. The van der Waals surface area contributed by atoms with Gasteiger partial charge in [-0.05, 0) is 25.1 Å².